The molecular formula is C10H16N2O. The third-order valence-electron chi connectivity index (χ3n) is 2.28. The Morgan fingerprint density at radius 1 is 1.62 bits per heavy atom. The Morgan fingerprint density at radius 2 is 2.31 bits per heavy atom. The molecule has 1 N–H and O–H groups in total. The Morgan fingerprint density at radius 3 is 2.85 bits per heavy atom. The molecule has 1 aromatic rings. The maximum absolute atomic E-state index is 11.2. The third-order valence-corrected chi connectivity index (χ3v) is 2.28. The van der Waals surface area contributed by atoms with Gasteiger partial charge in [-0.05, 0) is 19.3 Å². The first-order chi connectivity index (χ1) is 6.13. The minimum Gasteiger partial charge on any atom is -0.323 e. The molecule has 1 unspecified atom stereocenters. The number of nitrogens with zero attached hydrogens (tertiary/aromatic N) is 1. The average molecular weight is 180 g/mol. The van der Waals surface area contributed by atoms with Crippen molar-refractivity contribution in [2.75, 3.05) is 0 Å². The van der Waals surface area contributed by atoms with Crippen molar-refractivity contribution in [2.45, 2.75) is 33.6 Å². The van der Waals surface area contributed by atoms with Crippen molar-refractivity contribution >= 4 is 0 Å². The lowest BCUT2D eigenvalue weighted by Crippen LogP contribution is -2.15. The van der Waals surface area contributed by atoms with E-state index >= 15 is 0 Å². The van der Waals surface area contributed by atoms with Gasteiger partial charge < -0.3 is 4.98 Å². The van der Waals surface area contributed by atoms with E-state index in [1.807, 2.05) is 0 Å². The van der Waals surface area contributed by atoms with Crippen LogP contribution in [0.15, 0.2) is 11.0 Å². The van der Waals surface area contributed by atoms with Gasteiger partial charge in [0, 0.05) is 11.9 Å². The maximum atomic E-state index is 11.2. The lowest BCUT2D eigenvalue weighted by molar-refractivity contribution is 0.550. The molecule has 0 amide bonds. The number of aromatic amines is 1. The molecule has 0 fully saturated rings. The van der Waals surface area contributed by atoms with Gasteiger partial charge in [0.05, 0.1) is 0 Å². The molecule has 0 radical (unpaired) electrons. The van der Waals surface area contributed by atoms with Gasteiger partial charge in [0.1, 0.15) is 5.69 Å². The number of H-pyrrole nitrogens is 1. The van der Waals surface area contributed by atoms with Gasteiger partial charge in [0.25, 0.3) is 5.56 Å². The molecule has 3 heteroatoms. The summed E-state index contributed by atoms with van der Waals surface area (Å²) >= 11 is 0. The van der Waals surface area contributed by atoms with Crippen LogP contribution in [0.25, 0.3) is 0 Å². The Kier molecular flexibility index (Phi) is 3.23. The summed E-state index contributed by atoms with van der Waals surface area (Å²) in [6, 6.07) is 0. The van der Waals surface area contributed by atoms with E-state index in [0.717, 1.165) is 18.5 Å². The smallest absolute Gasteiger partial charge is 0.269 e. The standard InChI is InChI=1S/C10H16N2O/c1-4-7(2)5-9-6-11-8(3)10(13)12-9/h6-7H,4-5H2,1-3H3,(H,12,13). The monoisotopic (exact) mass is 180 g/mol. The normalized spacial score (nSPS) is 12.8. The van der Waals surface area contributed by atoms with Crippen LogP contribution in [0, 0.1) is 12.8 Å². The summed E-state index contributed by atoms with van der Waals surface area (Å²) in [5.74, 6) is 0.597. The van der Waals surface area contributed by atoms with Crippen molar-refractivity contribution < 1.29 is 0 Å². The minimum absolute atomic E-state index is 0.0687. The molecule has 0 aliphatic carbocycles. The zero-order valence-corrected chi connectivity index (χ0v) is 8.42. The summed E-state index contributed by atoms with van der Waals surface area (Å²) in [5.41, 5.74) is 1.40. The summed E-state index contributed by atoms with van der Waals surface area (Å²) in [4.78, 5) is 18.0. The number of hydrogen-bond donors (Lipinski definition) is 1. The van der Waals surface area contributed by atoms with Crippen molar-refractivity contribution in [1.29, 1.82) is 0 Å². The summed E-state index contributed by atoms with van der Waals surface area (Å²) in [6.45, 7) is 6.02. The van der Waals surface area contributed by atoms with Gasteiger partial charge in [-0.3, -0.25) is 9.78 Å². The van der Waals surface area contributed by atoms with Crippen molar-refractivity contribution in [2.24, 2.45) is 5.92 Å². The predicted octanol–water partition coefficient (Wildman–Crippen LogP) is 1.67. The maximum Gasteiger partial charge on any atom is 0.269 e. The first-order valence-electron chi connectivity index (χ1n) is 4.68. The fourth-order valence-corrected chi connectivity index (χ4v) is 1.13. The Hall–Kier alpha value is -1.12. The van der Waals surface area contributed by atoms with Gasteiger partial charge in [0.15, 0.2) is 0 Å². The summed E-state index contributed by atoms with van der Waals surface area (Å²) < 4.78 is 0. The molecule has 0 spiro atoms. The second-order valence-electron chi connectivity index (χ2n) is 3.54. The molecule has 1 heterocycles. The van der Waals surface area contributed by atoms with Crippen LogP contribution in [0.1, 0.15) is 31.7 Å². The van der Waals surface area contributed by atoms with Crippen LogP contribution in [0.4, 0.5) is 0 Å². The van der Waals surface area contributed by atoms with Gasteiger partial charge in [-0.25, -0.2) is 0 Å². The van der Waals surface area contributed by atoms with Crippen molar-refractivity contribution in [3.63, 3.8) is 0 Å². The number of nitrogens with one attached hydrogen (secondary N) is 1. The first-order valence-corrected chi connectivity index (χ1v) is 4.68. The molecule has 0 aromatic carbocycles. The van der Waals surface area contributed by atoms with E-state index in [1.54, 1.807) is 13.1 Å². The lowest BCUT2D eigenvalue weighted by atomic mass is 10.0. The fraction of sp³-hybridized carbons (Fsp3) is 0.600. The molecule has 0 bridgehead atoms. The molecular weight excluding hydrogens is 164 g/mol. The highest BCUT2D eigenvalue weighted by Gasteiger charge is 2.02. The average Bonchev–Trinajstić information content (AvgIpc) is 2.11. The second-order valence-corrected chi connectivity index (χ2v) is 3.54. The van der Waals surface area contributed by atoms with E-state index in [9.17, 15) is 4.79 Å². The number of hydrogen-bond acceptors (Lipinski definition) is 2. The van der Waals surface area contributed by atoms with E-state index in [4.69, 9.17) is 0 Å². The van der Waals surface area contributed by atoms with Crippen LogP contribution in [-0.2, 0) is 6.42 Å². The van der Waals surface area contributed by atoms with Crippen LogP contribution < -0.4 is 5.56 Å². The highest BCUT2D eigenvalue weighted by atomic mass is 16.1. The van der Waals surface area contributed by atoms with E-state index in [0.29, 0.717) is 11.6 Å². The Labute approximate surface area is 78.2 Å². The van der Waals surface area contributed by atoms with Crippen molar-refractivity contribution in [3.05, 3.63) is 27.9 Å². The third kappa shape index (κ3) is 2.68. The minimum atomic E-state index is -0.0687. The van der Waals surface area contributed by atoms with Gasteiger partial charge in [-0.15, -0.1) is 0 Å². The highest BCUT2D eigenvalue weighted by molar-refractivity contribution is 5.01. The molecule has 0 saturated carbocycles. The zero-order valence-electron chi connectivity index (χ0n) is 8.42. The van der Waals surface area contributed by atoms with Gasteiger partial charge in [-0.1, -0.05) is 20.3 Å². The molecule has 1 aromatic heterocycles. The lowest BCUT2D eigenvalue weighted by Gasteiger charge is -2.07. The van der Waals surface area contributed by atoms with Crippen LogP contribution in [0.2, 0.25) is 0 Å². The first kappa shape index (κ1) is 9.96. The number of aromatic nitrogens is 2. The molecule has 0 aliphatic heterocycles. The molecule has 1 rings (SSSR count). The quantitative estimate of drug-likeness (QED) is 0.769. The zero-order chi connectivity index (χ0) is 9.84. The molecule has 0 saturated heterocycles. The van der Waals surface area contributed by atoms with Gasteiger partial charge in [0.2, 0.25) is 0 Å². The van der Waals surface area contributed by atoms with E-state index in [2.05, 4.69) is 23.8 Å². The van der Waals surface area contributed by atoms with E-state index in [1.165, 1.54) is 0 Å². The van der Waals surface area contributed by atoms with Crippen LogP contribution in [0.3, 0.4) is 0 Å². The van der Waals surface area contributed by atoms with Gasteiger partial charge in [-0.2, -0.15) is 0 Å². The highest BCUT2D eigenvalue weighted by Crippen LogP contribution is 2.06. The molecule has 3 nitrogen and oxygen atoms in total. The largest absolute Gasteiger partial charge is 0.323 e. The molecule has 13 heavy (non-hydrogen) atoms. The molecule has 72 valence electrons. The van der Waals surface area contributed by atoms with E-state index in [-0.39, 0.29) is 5.56 Å². The number of rotatable bonds is 3. The van der Waals surface area contributed by atoms with Crippen molar-refractivity contribution in [3.8, 4) is 0 Å². The van der Waals surface area contributed by atoms with Crippen LogP contribution >= 0.6 is 0 Å². The van der Waals surface area contributed by atoms with Crippen LogP contribution in [0.5, 0.6) is 0 Å². The molecule has 0 aliphatic rings. The SMILES string of the molecule is CCC(C)Cc1cnc(C)c(=O)[nH]1. The molecule has 1 atom stereocenters. The summed E-state index contributed by atoms with van der Waals surface area (Å²) in [7, 11) is 0. The van der Waals surface area contributed by atoms with Crippen LogP contribution in [-0.4, -0.2) is 9.97 Å². The van der Waals surface area contributed by atoms with E-state index < -0.39 is 0 Å². The Balaban J connectivity index is 2.80. The summed E-state index contributed by atoms with van der Waals surface area (Å²) in [6.07, 6.45) is 3.78. The topological polar surface area (TPSA) is 45.8 Å². The fourth-order valence-electron chi connectivity index (χ4n) is 1.13. The predicted molar refractivity (Wildman–Crippen MR) is 52.8 cm³/mol. The number of aryl methyl sites for hydroxylation is 1. The van der Waals surface area contributed by atoms with Gasteiger partial charge >= 0.3 is 0 Å². The second kappa shape index (κ2) is 4.21. The van der Waals surface area contributed by atoms with Crippen molar-refractivity contribution in [1.82, 2.24) is 9.97 Å². The summed E-state index contributed by atoms with van der Waals surface area (Å²) in [5, 5.41) is 0. The Bertz CT molecular complexity index is 330.